The number of carbonyl (C=O) groups is 1. The number of hydrogen-bond donors (Lipinski definition) is 1. The Morgan fingerprint density at radius 1 is 0.975 bits per heavy atom. The quantitative estimate of drug-likeness (QED) is 0.151. The number of nitrogens with zero attached hydrogens (tertiary/aromatic N) is 3. The predicted molar refractivity (Wildman–Crippen MR) is 161 cm³/mol. The first-order valence-corrected chi connectivity index (χ1v) is 13.4. The molecule has 1 aromatic heterocycles. The second kappa shape index (κ2) is 12.3. The lowest BCUT2D eigenvalue weighted by Gasteiger charge is -2.13. The van der Waals surface area contributed by atoms with Gasteiger partial charge in [0.05, 0.1) is 23.5 Å². The SMILES string of the molecule is Cc1ccc(-c2ccccc2)n1-c1ccc(C(=O)N/N=C/c2cc(Br)ccc2OCc2ccccc2C#N)cc1. The summed E-state index contributed by atoms with van der Waals surface area (Å²) in [6, 6.07) is 36.8. The van der Waals surface area contributed by atoms with Crippen molar-refractivity contribution in [1.29, 1.82) is 5.26 Å². The number of nitriles is 1. The van der Waals surface area contributed by atoms with Gasteiger partial charge in [-0.3, -0.25) is 4.79 Å². The van der Waals surface area contributed by atoms with E-state index in [1.807, 2.05) is 66.7 Å². The van der Waals surface area contributed by atoms with Gasteiger partial charge in [0.15, 0.2) is 0 Å². The van der Waals surface area contributed by atoms with E-state index < -0.39 is 0 Å². The number of nitrogens with one attached hydrogen (secondary N) is 1. The van der Waals surface area contributed by atoms with Crippen molar-refractivity contribution >= 4 is 28.1 Å². The number of hydrazone groups is 1. The molecule has 40 heavy (non-hydrogen) atoms. The zero-order valence-electron chi connectivity index (χ0n) is 21.7. The van der Waals surface area contributed by atoms with E-state index in [1.54, 1.807) is 18.2 Å². The molecular weight excluding hydrogens is 564 g/mol. The molecule has 0 unspecified atom stereocenters. The van der Waals surface area contributed by atoms with Crippen LogP contribution >= 0.6 is 15.9 Å². The lowest BCUT2D eigenvalue weighted by atomic mass is 10.1. The molecule has 0 aliphatic heterocycles. The maximum absolute atomic E-state index is 12.8. The van der Waals surface area contributed by atoms with Crippen molar-refractivity contribution in [3.63, 3.8) is 0 Å². The van der Waals surface area contributed by atoms with Gasteiger partial charge in [-0.2, -0.15) is 10.4 Å². The van der Waals surface area contributed by atoms with Gasteiger partial charge in [-0.1, -0.05) is 64.5 Å². The summed E-state index contributed by atoms with van der Waals surface area (Å²) in [6.45, 7) is 2.29. The van der Waals surface area contributed by atoms with Crippen molar-refractivity contribution in [3.05, 3.63) is 142 Å². The lowest BCUT2D eigenvalue weighted by molar-refractivity contribution is 0.0955. The number of aromatic nitrogens is 1. The van der Waals surface area contributed by atoms with Gasteiger partial charge in [-0.05, 0) is 73.2 Å². The van der Waals surface area contributed by atoms with E-state index in [4.69, 9.17) is 4.74 Å². The van der Waals surface area contributed by atoms with Crippen LogP contribution in [0.1, 0.15) is 32.7 Å². The minimum atomic E-state index is -0.323. The van der Waals surface area contributed by atoms with Crippen molar-refractivity contribution in [2.75, 3.05) is 0 Å². The van der Waals surface area contributed by atoms with Crippen LogP contribution in [-0.2, 0) is 6.61 Å². The summed E-state index contributed by atoms with van der Waals surface area (Å²) in [5.41, 5.74) is 9.40. The summed E-state index contributed by atoms with van der Waals surface area (Å²) in [4.78, 5) is 12.8. The standard InChI is InChI=1S/C33H25BrN4O2/c1-23-11-17-31(24-7-3-2-4-8-24)38(23)30-15-12-25(13-16-30)33(39)37-36-21-28-19-29(34)14-18-32(28)40-22-27-10-6-5-9-26(27)20-35/h2-19,21H,22H2,1H3,(H,37,39)/b36-21+. The normalized spacial score (nSPS) is 10.8. The Labute approximate surface area is 241 Å². The van der Waals surface area contributed by atoms with Crippen molar-refractivity contribution in [3.8, 4) is 28.8 Å². The second-order valence-corrected chi connectivity index (χ2v) is 9.96. The van der Waals surface area contributed by atoms with E-state index in [0.29, 0.717) is 22.4 Å². The molecule has 0 saturated heterocycles. The van der Waals surface area contributed by atoms with Crippen molar-refractivity contribution < 1.29 is 9.53 Å². The summed E-state index contributed by atoms with van der Waals surface area (Å²) < 4.78 is 8.99. The molecule has 5 aromatic rings. The van der Waals surface area contributed by atoms with Crippen LogP contribution in [0.3, 0.4) is 0 Å². The van der Waals surface area contributed by atoms with E-state index in [-0.39, 0.29) is 12.5 Å². The number of hydrogen-bond acceptors (Lipinski definition) is 4. The fourth-order valence-electron chi connectivity index (χ4n) is 4.36. The number of benzene rings is 4. The zero-order chi connectivity index (χ0) is 27.9. The van der Waals surface area contributed by atoms with Gasteiger partial charge in [0.25, 0.3) is 5.91 Å². The van der Waals surface area contributed by atoms with Crippen LogP contribution in [0.2, 0.25) is 0 Å². The third-order valence-corrected chi connectivity index (χ3v) is 6.89. The molecule has 0 spiro atoms. The molecule has 1 heterocycles. The third kappa shape index (κ3) is 6.04. The Morgan fingerprint density at radius 3 is 2.50 bits per heavy atom. The Bertz CT molecular complexity index is 1720. The molecule has 0 aliphatic rings. The van der Waals surface area contributed by atoms with Gasteiger partial charge in [0, 0.05) is 32.5 Å². The van der Waals surface area contributed by atoms with Crippen molar-refractivity contribution in [1.82, 2.24) is 9.99 Å². The number of ether oxygens (including phenoxy) is 1. The van der Waals surface area contributed by atoms with Crippen LogP contribution in [-0.4, -0.2) is 16.7 Å². The average molecular weight is 589 g/mol. The molecule has 4 aromatic carbocycles. The van der Waals surface area contributed by atoms with Crippen LogP contribution in [0.15, 0.2) is 119 Å². The molecule has 0 radical (unpaired) electrons. The largest absolute Gasteiger partial charge is 0.488 e. The predicted octanol–water partition coefficient (Wildman–Crippen LogP) is 7.43. The molecule has 7 heteroatoms. The van der Waals surface area contributed by atoms with E-state index in [1.165, 1.54) is 6.21 Å². The molecular formula is C33H25BrN4O2. The zero-order valence-corrected chi connectivity index (χ0v) is 23.3. The molecule has 196 valence electrons. The van der Waals surface area contributed by atoms with Crippen molar-refractivity contribution in [2.24, 2.45) is 5.10 Å². The van der Waals surface area contributed by atoms with E-state index in [2.05, 4.69) is 68.3 Å². The molecule has 1 amide bonds. The smallest absolute Gasteiger partial charge is 0.271 e. The van der Waals surface area contributed by atoms with E-state index in [0.717, 1.165) is 32.7 Å². The van der Waals surface area contributed by atoms with Crippen LogP contribution in [0.25, 0.3) is 16.9 Å². The highest BCUT2D eigenvalue weighted by molar-refractivity contribution is 9.10. The molecule has 5 rings (SSSR count). The second-order valence-electron chi connectivity index (χ2n) is 9.05. The summed E-state index contributed by atoms with van der Waals surface area (Å²) in [6.07, 6.45) is 1.54. The van der Waals surface area contributed by atoms with Crippen LogP contribution in [0.5, 0.6) is 5.75 Å². The highest BCUT2D eigenvalue weighted by Gasteiger charge is 2.11. The summed E-state index contributed by atoms with van der Waals surface area (Å²) in [5, 5.41) is 13.5. The minimum absolute atomic E-state index is 0.234. The van der Waals surface area contributed by atoms with Gasteiger partial charge >= 0.3 is 0 Å². The maximum atomic E-state index is 12.8. The first-order valence-electron chi connectivity index (χ1n) is 12.6. The average Bonchev–Trinajstić information content (AvgIpc) is 3.38. The Morgan fingerprint density at radius 2 is 1.73 bits per heavy atom. The van der Waals surface area contributed by atoms with Gasteiger partial charge in [0.2, 0.25) is 0 Å². The number of halogens is 1. The minimum Gasteiger partial charge on any atom is -0.488 e. The highest BCUT2D eigenvalue weighted by atomic mass is 79.9. The molecule has 0 saturated carbocycles. The summed E-state index contributed by atoms with van der Waals surface area (Å²) in [7, 11) is 0. The summed E-state index contributed by atoms with van der Waals surface area (Å²) in [5.74, 6) is 0.255. The fraction of sp³-hybridized carbons (Fsp3) is 0.0606. The lowest BCUT2D eigenvalue weighted by Crippen LogP contribution is -2.17. The number of carbonyl (C=O) groups excluding carboxylic acids is 1. The Kier molecular flexibility index (Phi) is 8.19. The molecule has 6 nitrogen and oxygen atoms in total. The molecule has 0 aliphatic carbocycles. The van der Waals surface area contributed by atoms with Gasteiger partial charge in [-0.15, -0.1) is 0 Å². The first kappa shape index (κ1) is 26.7. The van der Waals surface area contributed by atoms with Gasteiger partial charge in [-0.25, -0.2) is 5.43 Å². The summed E-state index contributed by atoms with van der Waals surface area (Å²) >= 11 is 3.47. The third-order valence-electron chi connectivity index (χ3n) is 6.40. The highest BCUT2D eigenvalue weighted by Crippen LogP contribution is 2.27. The van der Waals surface area contributed by atoms with E-state index >= 15 is 0 Å². The molecule has 1 N–H and O–H groups in total. The molecule has 0 fully saturated rings. The van der Waals surface area contributed by atoms with Gasteiger partial charge in [0.1, 0.15) is 12.4 Å². The van der Waals surface area contributed by atoms with Gasteiger partial charge < -0.3 is 9.30 Å². The number of rotatable bonds is 8. The maximum Gasteiger partial charge on any atom is 0.271 e. The monoisotopic (exact) mass is 588 g/mol. The van der Waals surface area contributed by atoms with Crippen molar-refractivity contribution in [2.45, 2.75) is 13.5 Å². The number of aryl methyl sites for hydroxylation is 1. The first-order chi connectivity index (χ1) is 19.5. The number of amides is 1. The Balaban J connectivity index is 1.28. The molecule has 0 atom stereocenters. The van der Waals surface area contributed by atoms with E-state index in [9.17, 15) is 10.1 Å². The Hall–Kier alpha value is -4.93. The molecule has 0 bridgehead atoms. The topological polar surface area (TPSA) is 79.4 Å². The fourth-order valence-corrected chi connectivity index (χ4v) is 4.74. The van der Waals surface area contributed by atoms with Crippen LogP contribution in [0.4, 0.5) is 0 Å². The van der Waals surface area contributed by atoms with Crippen LogP contribution in [0, 0.1) is 18.3 Å². The van der Waals surface area contributed by atoms with Crippen LogP contribution < -0.4 is 10.2 Å².